The Morgan fingerprint density at radius 1 is 1.57 bits per heavy atom. The SMILES string of the molecule is COc1cc(/C(N)=N/O)ccc1NC(=O)C1COC(C)C1. The molecule has 1 heterocycles. The van der Waals surface area contributed by atoms with Crippen molar-refractivity contribution in [2.75, 3.05) is 19.0 Å². The summed E-state index contributed by atoms with van der Waals surface area (Å²) < 4.78 is 10.6. The monoisotopic (exact) mass is 293 g/mol. The molecule has 0 aliphatic carbocycles. The summed E-state index contributed by atoms with van der Waals surface area (Å²) in [4.78, 5) is 12.2. The maximum atomic E-state index is 12.2. The fourth-order valence-corrected chi connectivity index (χ4v) is 2.25. The second-order valence-electron chi connectivity index (χ2n) is 4.97. The fourth-order valence-electron chi connectivity index (χ4n) is 2.25. The molecule has 0 saturated carbocycles. The van der Waals surface area contributed by atoms with Crippen molar-refractivity contribution in [1.82, 2.24) is 0 Å². The van der Waals surface area contributed by atoms with E-state index in [0.717, 1.165) is 0 Å². The second-order valence-corrected chi connectivity index (χ2v) is 4.97. The molecule has 2 rings (SSSR count). The number of carbonyl (C=O) groups is 1. The van der Waals surface area contributed by atoms with Crippen molar-refractivity contribution < 1.29 is 19.5 Å². The van der Waals surface area contributed by atoms with Gasteiger partial charge >= 0.3 is 0 Å². The Hall–Kier alpha value is -2.28. The van der Waals surface area contributed by atoms with Crippen LogP contribution in [0, 0.1) is 5.92 Å². The minimum atomic E-state index is -0.159. The van der Waals surface area contributed by atoms with Gasteiger partial charge in [-0.1, -0.05) is 5.16 Å². The van der Waals surface area contributed by atoms with Crippen molar-refractivity contribution in [3.8, 4) is 5.75 Å². The Labute approximate surface area is 122 Å². The van der Waals surface area contributed by atoms with Crippen LogP contribution in [0.4, 0.5) is 5.69 Å². The lowest BCUT2D eigenvalue weighted by atomic mass is 10.1. The van der Waals surface area contributed by atoms with Crippen molar-refractivity contribution in [3.05, 3.63) is 23.8 Å². The molecule has 2 atom stereocenters. The number of anilines is 1. The van der Waals surface area contributed by atoms with Crippen molar-refractivity contribution in [2.45, 2.75) is 19.4 Å². The molecule has 1 aromatic carbocycles. The van der Waals surface area contributed by atoms with E-state index in [2.05, 4.69) is 10.5 Å². The van der Waals surface area contributed by atoms with Crippen LogP contribution in [0.5, 0.6) is 5.75 Å². The maximum absolute atomic E-state index is 12.2. The lowest BCUT2D eigenvalue weighted by Crippen LogP contribution is -2.23. The molecule has 7 nitrogen and oxygen atoms in total. The van der Waals surface area contributed by atoms with E-state index in [0.29, 0.717) is 30.0 Å². The number of hydrogen-bond donors (Lipinski definition) is 3. The van der Waals surface area contributed by atoms with E-state index in [1.807, 2.05) is 6.92 Å². The Balaban J connectivity index is 2.14. The summed E-state index contributed by atoms with van der Waals surface area (Å²) in [5.74, 6) is 0.159. The van der Waals surface area contributed by atoms with Gasteiger partial charge in [0.05, 0.1) is 31.4 Å². The van der Waals surface area contributed by atoms with Gasteiger partial charge in [-0.05, 0) is 31.5 Å². The molecule has 2 unspecified atom stereocenters. The first-order valence-corrected chi connectivity index (χ1v) is 6.63. The zero-order valence-corrected chi connectivity index (χ0v) is 12.0. The van der Waals surface area contributed by atoms with E-state index in [1.165, 1.54) is 7.11 Å². The molecule has 1 saturated heterocycles. The number of nitrogens with zero attached hydrogens (tertiary/aromatic N) is 1. The molecule has 4 N–H and O–H groups in total. The van der Waals surface area contributed by atoms with Crippen LogP contribution in [0.3, 0.4) is 0 Å². The summed E-state index contributed by atoms with van der Waals surface area (Å²) in [7, 11) is 1.49. The Morgan fingerprint density at radius 2 is 2.33 bits per heavy atom. The largest absolute Gasteiger partial charge is 0.495 e. The zero-order valence-electron chi connectivity index (χ0n) is 12.0. The predicted molar refractivity (Wildman–Crippen MR) is 77.7 cm³/mol. The van der Waals surface area contributed by atoms with Crippen LogP contribution < -0.4 is 15.8 Å². The topological polar surface area (TPSA) is 106 Å². The lowest BCUT2D eigenvalue weighted by Gasteiger charge is -2.13. The van der Waals surface area contributed by atoms with Crippen LogP contribution in [0.1, 0.15) is 18.9 Å². The van der Waals surface area contributed by atoms with E-state index in [1.54, 1.807) is 18.2 Å². The summed E-state index contributed by atoms with van der Waals surface area (Å²) in [6.07, 6.45) is 0.807. The Bertz CT molecular complexity index is 559. The average molecular weight is 293 g/mol. The molecule has 114 valence electrons. The molecule has 1 aliphatic heterocycles. The van der Waals surface area contributed by atoms with Gasteiger partial charge in [0.1, 0.15) is 5.75 Å². The second kappa shape index (κ2) is 6.45. The third-order valence-electron chi connectivity index (χ3n) is 3.43. The summed E-state index contributed by atoms with van der Waals surface area (Å²) >= 11 is 0. The number of nitrogens with two attached hydrogens (primary N) is 1. The van der Waals surface area contributed by atoms with Crippen LogP contribution in [0.2, 0.25) is 0 Å². The highest BCUT2D eigenvalue weighted by Gasteiger charge is 2.28. The van der Waals surface area contributed by atoms with E-state index >= 15 is 0 Å². The highest BCUT2D eigenvalue weighted by Crippen LogP contribution is 2.27. The minimum absolute atomic E-state index is 0.0239. The first kappa shape index (κ1) is 15.1. The third kappa shape index (κ3) is 3.43. The summed E-state index contributed by atoms with van der Waals surface area (Å²) in [6, 6.07) is 4.89. The predicted octanol–water partition coefficient (Wildman–Crippen LogP) is 1.15. The molecule has 0 spiro atoms. The van der Waals surface area contributed by atoms with Crippen molar-refractivity contribution in [1.29, 1.82) is 0 Å². The molecule has 0 radical (unpaired) electrons. The average Bonchev–Trinajstić information content (AvgIpc) is 2.93. The normalized spacial score (nSPS) is 22.1. The van der Waals surface area contributed by atoms with Crippen molar-refractivity contribution >= 4 is 17.4 Å². The number of nitrogens with one attached hydrogen (secondary N) is 1. The number of ether oxygens (including phenoxy) is 2. The Kier molecular flexibility index (Phi) is 4.64. The molecular formula is C14H19N3O4. The summed E-state index contributed by atoms with van der Waals surface area (Å²) in [5.41, 5.74) is 6.57. The Morgan fingerprint density at radius 3 is 2.90 bits per heavy atom. The summed E-state index contributed by atoms with van der Waals surface area (Å²) in [5, 5.41) is 14.4. The fraction of sp³-hybridized carbons (Fsp3) is 0.429. The number of amidine groups is 1. The number of benzene rings is 1. The highest BCUT2D eigenvalue weighted by atomic mass is 16.5. The number of carbonyl (C=O) groups excluding carboxylic acids is 1. The molecule has 21 heavy (non-hydrogen) atoms. The van der Waals surface area contributed by atoms with E-state index in [9.17, 15) is 4.79 Å². The van der Waals surface area contributed by atoms with Gasteiger partial charge in [0.25, 0.3) is 0 Å². The van der Waals surface area contributed by atoms with Crippen molar-refractivity contribution in [2.24, 2.45) is 16.8 Å². The van der Waals surface area contributed by atoms with Gasteiger partial charge in [-0.15, -0.1) is 0 Å². The number of amides is 1. The number of hydrogen-bond acceptors (Lipinski definition) is 5. The molecule has 0 aromatic heterocycles. The van der Waals surface area contributed by atoms with Gasteiger partial charge in [0.15, 0.2) is 5.84 Å². The zero-order chi connectivity index (χ0) is 15.4. The first-order valence-electron chi connectivity index (χ1n) is 6.63. The summed E-state index contributed by atoms with van der Waals surface area (Å²) in [6.45, 7) is 2.37. The van der Waals surface area contributed by atoms with Crippen LogP contribution in [0.15, 0.2) is 23.4 Å². The molecule has 1 aliphatic rings. The molecular weight excluding hydrogens is 274 g/mol. The molecule has 7 heteroatoms. The van der Waals surface area contributed by atoms with Gasteiger partial charge in [0, 0.05) is 5.56 Å². The van der Waals surface area contributed by atoms with E-state index in [-0.39, 0.29) is 23.8 Å². The molecule has 1 aromatic rings. The van der Waals surface area contributed by atoms with Gasteiger partial charge in [-0.25, -0.2) is 0 Å². The van der Waals surface area contributed by atoms with Gasteiger partial charge < -0.3 is 25.7 Å². The quantitative estimate of drug-likeness (QED) is 0.334. The first-order chi connectivity index (χ1) is 10.0. The third-order valence-corrected chi connectivity index (χ3v) is 3.43. The van der Waals surface area contributed by atoms with Crippen molar-refractivity contribution in [3.63, 3.8) is 0 Å². The van der Waals surface area contributed by atoms with Gasteiger partial charge in [-0.2, -0.15) is 0 Å². The van der Waals surface area contributed by atoms with E-state index in [4.69, 9.17) is 20.4 Å². The molecule has 1 fully saturated rings. The van der Waals surface area contributed by atoms with Crippen LogP contribution in [0.25, 0.3) is 0 Å². The van der Waals surface area contributed by atoms with E-state index < -0.39 is 0 Å². The van der Waals surface area contributed by atoms with Gasteiger partial charge in [0.2, 0.25) is 5.91 Å². The van der Waals surface area contributed by atoms with Gasteiger partial charge in [-0.3, -0.25) is 4.79 Å². The van der Waals surface area contributed by atoms with Crippen LogP contribution in [-0.4, -0.2) is 36.8 Å². The number of methoxy groups -OCH3 is 1. The maximum Gasteiger partial charge on any atom is 0.230 e. The number of oxime groups is 1. The number of rotatable bonds is 4. The highest BCUT2D eigenvalue weighted by molar-refractivity contribution is 5.99. The van der Waals surface area contributed by atoms with Crippen LogP contribution >= 0.6 is 0 Å². The molecule has 0 bridgehead atoms. The van der Waals surface area contributed by atoms with Crippen LogP contribution in [-0.2, 0) is 9.53 Å². The lowest BCUT2D eigenvalue weighted by molar-refractivity contribution is -0.119. The molecule has 1 amide bonds. The minimum Gasteiger partial charge on any atom is -0.495 e. The smallest absolute Gasteiger partial charge is 0.230 e. The standard InChI is InChI=1S/C14H19N3O4/c1-8-5-10(7-21-8)14(18)16-11-4-3-9(13(15)17-19)6-12(11)20-2/h3-4,6,8,10,19H,5,7H2,1-2H3,(H2,15,17)(H,16,18).